The number of esters is 2. The molecule has 1 spiro atoms. The molecule has 2 aliphatic rings. The molecule has 4 heterocycles. The zero-order chi connectivity index (χ0) is 41.0. The fourth-order valence-electron chi connectivity index (χ4n) is 8.54. The Morgan fingerprint density at radius 2 is 1.05 bits per heavy atom. The topological polar surface area (TPSA) is 153 Å². The summed E-state index contributed by atoms with van der Waals surface area (Å²) in [6, 6.07) is 33.8. The molecule has 2 N–H and O–H groups in total. The lowest BCUT2D eigenvalue weighted by Crippen LogP contribution is -2.27. The van der Waals surface area contributed by atoms with Crippen molar-refractivity contribution in [2.24, 2.45) is 10.2 Å². The van der Waals surface area contributed by atoms with Gasteiger partial charge >= 0.3 is 11.9 Å². The minimum Gasteiger partial charge on any atom is -0.456 e. The summed E-state index contributed by atoms with van der Waals surface area (Å²) in [4.78, 5) is 44.9. The molecule has 59 heavy (non-hydrogen) atoms. The average molecular weight is 785 g/mol. The third-order valence-corrected chi connectivity index (χ3v) is 10.9. The van der Waals surface area contributed by atoms with E-state index in [1.54, 1.807) is 24.8 Å². The van der Waals surface area contributed by atoms with Crippen molar-refractivity contribution in [2.75, 3.05) is 10.9 Å². The maximum atomic E-state index is 13.7. The summed E-state index contributed by atoms with van der Waals surface area (Å²) in [5.41, 5.74) is 12.8. The molecular formula is C47H44N8O4. The van der Waals surface area contributed by atoms with Gasteiger partial charge in [-0.3, -0.25) is 10.9 Å². The minimum atomic E-state index is -0.437. The lowest BCUT2D eigenvalue weighted by Gasteiger charge is -2.30. The van der Waals surface area contributed by atoms with E-state index >= 15 is 0 Å². The third kappa shape index (κ3) is 8.33. The Balaban J connectivity index is 0.982. The van der Waals surface area contributed by atoms with Crippen molar-refractivity contribution in [2.45, 2.75) is 70.0 Å². The van der Waals surface area contributed by atoms with Crippen molar-refractivity contribution >= 4 is 36.0 Å². The Morgan fingerprint density at radius 3 is 1.47 bits per heavy atom. The molecule has 0 unspecified atom stereocenters. The molecule has 2 aliphatic carbocycles. The van der Waals surface area contributed by atoms with Crippen LogP contribution in [0.5, 0.6) is 0 Å². The van der Waals surface area contributed by atoms with Gasteiger partial charge in [0.2, 0.25) is 0 Å². The maximum absolute atomic E-state index is 13.7. The maximum Gasteiger partial charge on any atom is 0.338 e. The number of fused-ring (bicyclic) bond motifs is 4. The number of nitrogens with one attached hydrogen (secondary N) is 2. The van der Waals surface area contributed by atoms with E-state index in [4.69, 9.17) is 9.47 Å². The molecule has 0 amide bonds. The smallest absolute Gasteiger partial charge is 0.338 e. The standard InChI is InChI=1S/C47H44N8O4/c1-45(2)29-47(39-23-31(17-19-37(39)45)43(56)58-27-35-13-9-11-33(52-35)25-50-54-41-15-5-7-21-48-41)30-46(3,4)38-20-18-32(24-40(38)47)44(57)59-28-36-14-10-12-34(53-36)26-51-55-42-16-6-8-22-49-42/h5-26H,27-30H2,1-4H3,(H,48,54)(H,49,55)/b50-25+,51-26+. The second-order valence-corrected chi connectivity index (χ2v) is 16.2. The van der Waals surface area contributed by atoms with Crippen LogP contribution in [-0.2, 0) is 38.9 Å². The van der Waals surface area contributed by atoms with Crippen LogP contribution in [0.25, 0.3) is 0 Å². The van der Waals surface area contributed by atoms with E-state index in [-0.39, 0.29) is 24.0 Å². The fraction of sp³-hybridized carbons (Fsp3) is 0.234. The highest BCUT2D eigenvalue weighted by atomic mass is 16.5. The van der Waals surface area contributed by atoms with E-state index in [0.717, 1.165) is 24.0 Å². The highest BCUT2D eigenvalue weighted by Gasteiger charge is 2.56. The second kappa shape index (κ2) is 16.0. The highest BCUT2D eigenvalue weighted by Crippen LogP contribution is 2.63. The van der Waals surface area contributed by atoms with Crippen LogP contribution in [0.15, 0.2) is 132 Å². The van der Waals surface area contributed by atoms with E-state index in [9.17, 15) is 9.59 Å². The van der Waals surface area contributed by atoms with Gasteiger partial charge in [-0.05, 0) is 119 Å². The largest absolute Gasteiger partial charge is 0.456 e. The molecule has 0 saturated carbocycles. The first-order chi connectivity index (χ1) is 28.5. The van der Waals surface area contributed by atoms with Gasteiger partial charge in [-0.1, -0.05) is 64.1 Å². The van der Waals surface area contributed by atoms with Gasteiger partial charge in [0.15, 0.2) is 0 Å². The quantitative estimate of drug-likeness (QED) is 0.0702. The van der Waals surface area contributed by atoms with Gasteiger partial charge < -0.3 is 9.47 Å². The molecule has 0 aliphatic heterocycles. The predicted octanol–water partition coefficient (Wildman–Crippen LogP) is 8.52. The molecule has 0 bridgehead atoms. The lowest BCUT2D eigenvalue weighted by atomic mass is 9.72. The number of carbonyl (C=O) groups excluding carboxylic acids is 2. The SMILES string of the molecule is CC1(C)CC2(CC(C)(C)c3ccc(C(=O)OCc4cccc(/C=N/Nc5ccccn5)n4)cc32)c2cc(C(=O)OCc3cccc(/C=N/Nc4ccccn4)n3)ccc21. The molecule has 4 aromatic heterocycles. The van der Waals surface area contributed by atoms with Crippen LogP contribution in [-0.4, -0.2) is 44.3 Å². The van der Waals surface area contributed by atoms with E-state index in [2.05, 4.69) is 80.8 Å². The lowest BCUT2D eigenvalue weighted by molar-refractivity contribution is 0.0459. The number of hydrazone groups is 2. The number of ether oxygens (including phenoxy) is 2. The Hall–Kier alpha value is -7.08. The molecule has 6 aromatic rings. The second-order valence-electron chi connectivity index (χ2n) is 16.2. The predicted molar refractivity (Wildman–Crippen MR) is 227 cm³/mol. The Morgan fingerprint density at radius 1 is 0.593 bits per heavy atom. The summed E-state index contributed by atoms with van der Waals surface area (Å²) in [7, 11) is 0. The zero-order valence-corrected chi connectivity index (χ0v) is 33.3. The molecular weight excluding hydrogens is 741 g/mol. The number of carbonyl (C=O) groups is 2. The summed E-state index contributed by atoms with van der Waals surface area (Å²) in [6.45, 7) is 8.98. The van der Waals surface area contributed by atoms with Crippen LogP contribution >= 0.6 is 0 Å². The van der Waals surface area contributed by atoms with Crippen LogP contribution in [0, 0.1) is 0 Å². The number of rotatable bonds is 12. The van der Waals surface area contributed by atoms with Gasteiger partial charge in [0.25, 0.3) is 0 Å². The molecule has 0 saturated heterocycles. The number of hydrogen-bond donors (Lipinski definition) is 2. The van der Waals surface area contributed by atoms with Crippen LogP contribution < -0.4 is 10.9 Å². The fourth-order valence-corrected chi connectivity index (χ4v) is 8.54. The third-order valence-electron chi connectivity index (χ3n) is 10.9. The van der Waals surface area contributed by atoms with E-state index in [1.807, 2.05) is 97.1 Å². The number of aromatic nitrogens is 4. The molecule has 0 radical (unpaired) electrons. The monoisotopic (exact) mass is 784 g/mol. The van der Waals surface area contributed by atoms with Crippen LogP contribution in [0.1, 0.15) is 106 Å². The summed E-state index contributed by atoms with van der Waals surface area (Å²) >= 11 is 0. The van der Waals surface area contributed by atoms with Gasteiger partial charge in [-0.2, -0.15) is 10.2 Å². The molecule has 0 atom stereocenters. The Bertz CT molecular complexity index is 2390. The Labute approximate surface area is 342 Å². The molecule has 12 nitrogen and oxygen atoms in total. The minimum absolute atomic E-state index is 0.000175. The van der Waals surface area contributed by atoms with Gasteiger partial charge in [-0.25, -0.2) is 29.5 Å². The molecule has 0 fully saturated rings. The van der Waals surface area contributed by atoms with Crippen molar-refractivity contribution in [3.63, 3.8) is 0 Å². The first-order valence-electron chi connectivity index (χ1n) is 19.5. The van der Waals surface area contributed by atoms with Crippen molar-refractivity contribution in [3.8, 4) is 0 Å². The van der Waals surface area contributed by atoms with Crippen LogP contribution in [0.2, 0.25) is 0 Å². The summed E-state index contributed by atoms with van der Waals surface area (Å²) in [5, 5.41) is 8.43. The average Bonchev–Trinajstić information content (AvgIpc) is 3.61. The molecule has 12 heteroatoms. The summed E-state index contributed by atoms with van der Waals surface area (Å²) in [5.74, 6) is 0.359. The number of nitrogens with zero attached hydrogens (tertiary/aromatic N) is 6. The molecule has 2 aromatic carbocycles. The van der Waals surface area contributed by atoms with E-state index < -0.39 is 17.4 Å². The van der Waals surface area contributed by atoms with Crippen molar-refractivity contribution in [1.29, 1.82) is 0 Å². The number of hydrogen-bond acceptors (Lipinski definition) is 12. The summed E-state index contributed by atoms with van der Waals surface area (Å²) in [6.07, 6.45) is 8.18. The van der Waals surface area contributed by atoms with Crippen LogP contribution in [0.4, 0.5) is 11.6 Å². The first kappa shape index (κ1) is 38.8. The van der Waals surface area contributed by atoms with Crippen molar-refractivity contribution < 1.29 is 19.1 Å². The first-order valence-corrected chi connectivity index (χ1v) is 19.5. The highest BCUT2D eigenvalue weighted by molar-refractivity contribution is 5.91. The molecule has 296 valence electrons. The van der Waals surface area contributed by atoms with Gasteiger partial charge in [0, 0.05) is 17.8 Å². The zero-order valence-electron chi connectivity index (χ0n) is 33.3. The molecule has 8 rings (SSSR count). The summed E-state index contributed by atoms with van der Waals surface area (Å²) < 4.78 is 11.6. The van der Waals surface area contributed by atoms with Crippen molar-refractivity contribution in [1.82, 2.24) is 19.9 Å². The normalized spacial score (nSPS) is 15.5. The van der Waals surface area contributed by atoms with Gasteiger partial charge in [0.05, 0.1) is 46.3 Å². The van der Waals surface area contributed by atoms with Crippen molar-refractivity contribution in [3.05, 3.63) is 178 Å². The van der Waals surface area contributed by atoms with E-state index in [1.165, 1.54) is 11.1 Å². The number of anilines is 2. The van der Waals surface area contributed by atoms with E-state index in [0.29, 0.717) is 45.5 Å². The number of pyridine rings is 4. The Kier molecular flexibility index (Phi) is 10.5. The van der Waals surface area contributed by atoms with Gasteiger partial charge in [0.1, 0.15) is 24.8 Å². The van der Waals surface area contributed by atoms with Gasteiger partial charge in [-0.15, -0.1) is 0 Å². The number of benzene rings is 2. The van der Waals surface area contributed by atoms with Crippen LogP contribution in [0.3, 0.4) is 0 Å².